The second kappa shape index (κ2) is 9.08. The molecule has 0 unspecified atom stereocenters. The maximum atomic E-state index is 11.8. The topological polar surface area (TPSA) is 88.4 Å². The van der Waals surface area contributed by atoms with E-state index in [2.05, 4.69) is 10.1 Å². The summed E-state index contributed by atoms with van der Waals surface area (Å²) in [6.45, 7) is 0.375. The van der Waals surface area contributed by atoms with Crippen molar-refractivity contribution in [2.45, 2.75) is 6.42 Å². The van der Waals surface area contributed by atoms with Crippen molar-refractivity contribution in [3.05, 3.63) is 65.2 Å². The molecule has 0 atom stereocenters. The lowest BCUT2D eigenvalue weighted by atomic mass is 10.1. The van der Waals surface area contributed by atoms with Gasteiger partial charge in [0, 0.05) is 6.54 Å². The van der Waals surface area contributed by atoms with E-state index in [1.807, 2.05) is 18.2 Å². The van der Waals surface area contributed by atoms with Crippen molar-refractivity contribution in [2.24, 2.45) is 0 Å². The third-order valence-corrected chi connectivity index (χ3v) is 3.46. The number of carbonyl (C=O) groups excluding carboxylic acids is 2. The number of hydrogen-bond donors (Lipinski definition) is 1. The van der Waals surface area contributed by atoms with Crippen LogP contribution in [0.15, 0.2) is 48.5 Å². The minimum Gasteiger partial charge on any atom is -0.484 e. The van der Waals surface area contributed by atoms with Gasteiger partial charge in [-0.3, -0.25) is 4.79 Å². The van der Waals surface area contributed by atoms with Crippen LogP contribution in [0.3, 0.4) is 0 Å². The fraction of sp³-hybridized carbons (Fsp3) is 0.211. The number of hydrogen-bond acceptors (Lipinski definition) is 5. The van der Waals surface area contributed by atoms with Crippen LogP contribution in [0.2, 0.25) is 0 Å². The van der Waals surface area contributed by atoms with E-state index in [0.29, 0.717) is 29.8 Å². The normalized spacial score (nSPS) is 9.76. The molecule has 0 spiro atoms. The Kier molecular flexibility index (Phi) is 6.55. The zero-order valence-electron chi connectivity index (χ0n) is 13.8. The highest BCUT2D eigenvalue weighted by Crippen LogP contribution is 2.11. The lowest BCUT2D eigenvalue weighted by Gasteiger charge is -2.08. The molecular weight excluding hydrogens is 320 g/mol. The van der Waals surface area contributed by atoms with Gasteiger partial charge in [0.05, 0.1) is 24.3 Å². The van der Waals surface area contributed by atoms with Crippen LogP contribution in [0, 0.1) is 11.3 Å². The van der Waals surface area contributed by atoms with Crippen molar-refractivity contribution in [3.8, 4) is 11.8 Å². The highest BCUT2D eigenvalue weighted by atomic mass is 16.5. The molecule has 0 fully saturated rings. The molecule has 0 aromatic heterocycles. The number of carbonyl (C=O) groups is 2. The molecule has 6 nitrogen and oxygen atoms in total. The molecule has 25 heavy (non-hydrogen) atoms. The van der Waals surface area contributed by atoms with Crippen molar-refractivity contribution in [3.63, 3.8) is 0 Å². The second-order valence-electron chi connectivity index (χ2n) is 5.21. The van der Waals surface area contributed by atoms with Gasteiger partial charge in [0.15, 0.2) is 6.61 Å². The molecule has 0 saturated carbocycles. The van der Waals surface area contributed by atoms with Crippen LogP contribution in [-0.2, 0) is 16.0 Å². The molecule has 0 aliphatic carbocycles. The van der Waals surface area contributed by atoms with Crippen molar-refractivity contribution < 1.29 is 19.1 Å². The number of nitriles is 1. The Bertz CT molecular complexity index is 762. The Morgan fingerprint density at radius 1 is 1.08 bits per heavy atom. The third-order valence-electron chi connectivity index (χ3n) is 3.46. The average molecular weight is 338 g/mol. The predicted octanol–water partition coefficient (Wildman–Crippen LogP) is 2.08. The highest BCUT2D eigenvalue weighted by molar-refractivity contribution is 5.89. The van der Waals surface area contributed by atoms with Crippen molar-refractivity contribution in [1.29, 1.82) is 5.26 Å². The number of methoxy groups -OCH3 is 1. The number of benzene rings is 2. The minimum atomic E-state index is -0.375. The molecule has 0 heterocycles. The van der Waals surface area contributed by atoms with Crippen LogP contribution in [0.25, 0.3) is 0 Å². The number of esters is 1. The Labute approximate surface area is 146 Å². The molecule has 2 aromatic rings. The first-order valence-corrected chi connectivity index (χ1v) is 7.69. The Hall–Kier alpha value is -3.33. The average Bonchev–Trinajstić information content (AvgIpc) is 2.66. The minimum absolute atomic E-state index is 0.0901. The molecule has 0 aliphatic heterocycles. The summed E-state index contributed by atoms with van der Waals surface area (Å²) in [7, 11) is 1.34. The first kappa shape index (κ1) is 18.0. The van der Waals surface area contributed by atoms with Gasteiger partial charge in [0.1, 0.15) is 5.75 Å². The van der Waals surface area contributed by atoms with Crippen LogP contribution in [0.1, 0.15) is 21.5 Å². The van der Waals surface area contributed by atoms with Crippen LogP contribution in [0.5, 0.6) is 5.75 Å². The fourth-order valence-corrected chi connectivity index (χ4v) is 2.10. The largest absolute Gasteiger partial charge is 0.484 e. The SMILES string of the molecule is COC(=O)c1ccc(CCNC(=O)COc2ccc(C#N)cc2)cc1. The van der Waals surface area contributed by atoms with E-state index in [4.69, 9.17) is 10.00 Å². The van der Waals surface area contributed by atoms with E-state index in [1.165, 1.54) is 7.11 Å². The summed E-state index contributed by atoms with van der Waals surface area (Å²) in [6.07, 6.45) is 0.643. The van der Waals surface area contributed by atoms with E-state index < -0.39 is 0 Å². The highest BCUT2D eigenvalue weighted by Gasteiger charge is 2.05. The number of nitrogens with one attached hydrogen (secondary N) is 1. The van der Waals surface area contributed by atoms with Crippen LogP contribution in [0.4, 0.5) is 0 Å². The summed E-state index contributed by atoms with van der Waals surface area (Å²) in [5, 5.41) is 11.5. The van der Waals surface area contributed by atoms with Gasteiger partial charge in [-0.2, -0.15) is 5.26 Å². The van der Waals surface area contributed by atoms with Gasteiger partial charge < -0.3 is 14.8 Å². The van der Waals surface area contributed by atoms with Crippen molar-refractivity contribution >= 4 is 11.9 Å². The van der Waals surface area contributed by atoms with Crippen LogP contribution in [-0.4, -0.2) is 32.1 Å². The monoisotopic (exact) mass is 338 g/mol. The van der Waals surface area contributed by atoms with E-state index in [0.717, 1.165) is 5.56 Å². The summed E-state index contributed by atoms with van der Waals surface area (Å²) in [4.78, 5) is 23.1. The van der Waals surface area contributed by atoms with Crippen molar-refractivity contribution in [1.82, 2.24) is 5.32 Å². The van der Waals surface area contributed by atoms with Gasteiger partial charge in [-0.15, -0.1) is 0 Å². The van der Waals surface area contributed by atoms with Gasteiger partial charge >= 0.3 is 5.97 Å². The standard InChI is InChI=1S/C19H18N2O4/c1-24-19(23)16-6-2-14(3-7-16)10-11-21-18(22)13-25-17-8-4-15(12-20)5-9-17/h2-9H,10-11,13H2,1H3,(H,21,22). The molecule has 128 valence electrons. The summed E-state index contributed by atoms with van der Waals surface area (Å²) < 4.78 is 9.99. The van der Waals surface area contributed by atoms with Gasteiger partial charge in [-0.25, -0.2) is 4.79 Å². The molecule has 1 N–H and O–H groups in total. The fourth-order valence-electron chi connectivity index (χ4n) is 2.10. The van der Waals surface area contributed by atoms with Gasteiger partial charge in [0.25, 0.3) is 5.91 Å². The zero-order chi connectivity index (χ0) is 18.1. The zero-order valence-corrected chi connectivity index (χ0v) is 13.8. The summed E-state index contributed by atoms with van der Waals surface area (Å²) in [6, 6.07) is 15.6. The van der Waals surface area contributed by atoms with E-state index in [9.17, 15) is 9.59 Å². The summed E-state index contributed by atoms with van der Waals surface area (Å²) >= 11 is 0. The molecule has 0 aliphatic rings. The number of ether oxygens (including phenoxy) is 2. The molecule has 0 radical (unpaired) electrons. The molecular formula is C19H18N2O4. The molecule has 1 amide bonds. The van der Waals surface area contributed by atoms with Gasteiger partial charge in [-0.1, -0.05) is 12.1 Å². The quantitative estimate of drug-likeness (QED) is 0.781. The molecule has 6 heteroatoms. The first-order chi connectivity index (χ1) is 12.1. The van der Waals surface area contributed by atoms with Gasteiger partial charge in [0.2, 0.25) is 0 Å². The van der Waals surface area contributed by atoms with Crippen LogP contribution < -0.4 is 10.1 Å². The van der Waals surface area contributed by atoms with Gasteiger partial charge in [-0.05, 0) is 48.4 Å². The Morgan fingerprint density at radius 3 is 2.36 bits per heavy atom. The van der Waals surface area contributed by atoms with E-state index in [1.54, 1.807) is 36.4 Å². The first-order valence-electron chi connectivity index (χ1n) is 7.69. The number of nitrogens with zero attached hydrogens (tertiary/aromatic N) is 1. The second-order valence-corrected chi connectivity index (χ2v) is 5.21. The van der Waals surface area contributed by atoms with Crippen LogP contribution >= 0.6 is 0 Å². The molecule has 0 saturated heterocycles. The lowest BCUT2D eigenvalue weighted by Crippen LogP contribution is -2.30. The summed E-state index contributed by atoms with van der Waals surface area (Å²) in [5.41, 5.74) is 2.03. The number of amides is 1. The van der Waals surface area contributed by atoms with E-state index in [-0.39, 0.29) is 18.5 Å². The molecule has 2 rings (SSSR count). The predicted molar refractivity (Wildman–Crippen MR) is 91.1 cm³/mol. The maximum Gasteiger partial charge on any atom is 0.337 e. The lowest BCUT2D eigenvalue weighted by molar-refractivity contribution is -0.123. The summed E-state index contributed by atoms with van der Waals surface area (Å²) in [5.74, 6) is -0.0668. The van der Waals surface area contributed by atoms with E-state index >= 15 is 0 Å². The number of rotatable bonds is 7. The molecule has 2 aromatic carbocycles. The Morgan fingerprint density at radius 2 is 1.76 bits per heavy atom. The molecule has 0 bridgehead atoms. The third kappa shape index (κ3) is 5.66. The van der Waals surface area contributed by atoms with Crippen molar-refractivity contribution in [2.75, 3.05) is 20.3 Å². The smallest absolute Gasteiger partial charge is 0.337 e. The Balaban J connectivity index is 1.71. The maximum absolute atomic E-state index is 11.8.